The molecule has 0 unspecified atom stereocenters. The highest BCUT2D eigenvalue weighted by molar-refractivity contribution is 6.13. The van der Waals surface area contributed by atoms with E-state index in [1.165, 1.54) is 97.9 Å². The van der Waals surface area contributed by atoms with Gasteiger partial charge in [-0.05, 0) is 264 Å². The molecule has 0 aliphatic rings. The van der Waals surface area contributed by atoms with Gasteiger partial charge >= 0.3 is 0 Å². The van der Waals surface area contributed by atoms with E-state index in [0.29, 0.717) is 0 Å². The van der Waals surface area contributed by atoms with Crippen LogP contribution in [0.2, 0.25) is 0 Å². The van der Waals surface area contributed by atoms with Crippen LogP contribution in [-0.4, -0.2) is 21.1 Å². The zero-order valence-electron chi connectivity index (χ0n) is 64.5. The largest absolute Gasteiger partial charge is 0.345 e. The van der Waals surface area contributed by atoms with E-state index in [1.807, 2.05) is 0 Å². The van der Waals surface area contributed by atoms with Crippen LogP contribution in [0.4, 0.5) is 85.3 Å². The molecule has 0 amide bonds. The Morgan fingerprint density at radius 2 is 0.365 bits per heavy atom. The van der Waals surface area contributed by atoms with E-state index in [-0.39, 0.29) is 0 Å². The zero-order valence-corrected chi connectivity index (χ0v) is 64.5. The highest BCUT2D eigenvalue weighted by Gasteiger charge is 2.20. The summed E-state index contributed by atoms with van der Waals surface area (Å²) in [6.45, 7) is 0. The van der Waals surface area contributed by atoms with Gasteiger partial charge in [0.1, 0.15) is 0 Å². The van der Waals surface area contributed by atoms with Gasteiger partial charge in [0.2, 0.25) is 0 Å². The van der Waals surface area contributed by atoms with Crippen molar-refractivity contribution in [1.29, 1.82) is 0 Å². The first-order chi connectivity index (χ1) is 56.7. The van der Waals surface area contributed by atoms with E-state index >= 15 is 0 Å². The van der Waals surface area contributed by atoms with Crippen LogP contribution >= 0.6 is 0 Å². The molecule has 20 rings (SSSR count). The topological polar surface area (TPSA) is 19.4 Å². The first kappa shape index (κ1) is 71.6. The van der Waals surface area contributed by atoms with Gasteiger partial charge in [-0.15, -0.1) is 0 Å². The number of hydrogen-bond donors (Lipinski definition) is 0. The fourth-order valence-corrected chi connectivity index (χ4v) is 15.9. The third-order valence-corrected chi connectivity index (χ3v) is 22.0. The summed E-state index contributed by atoms with van der Waals surface area (Å²) in [5, 5.41) is 17.5. The van der Waals surface area contributed by atoms with Crippen molar-refractivity contribution in [3.05, 3.63) is 455 Å². The maximum atomic E-state index is 2.32. The maximum Gasteiger partial charge on any atom is 0.0567 e. The molecule has 0 aliphatic carbocycles. The molecule has 0 aliphatic heterocycles. The number of para-hydroxylation sites is 3. The zero-order chi connectivity index (χ0) is 77.4. The highest BCUT2D eigenvalue weighted by Crippen LogP contribution is 2.44. The van der Waals surface area contributed by atoms with Crippen molar-refractivity contribution in [2.45, 2.75) is 0 Å². The molecule has 0 heterocycles. The first-order valence-electron chi connectivity index (χ1n) is 39.3. The Morgan fingerprint density at radius 3 is 0.765 bits per heavy atom. The lowest BCUT2D eigenvalue weighted by molar-refractivity contribution is 1.20. The van der Waals surface area contributed by atoms with E-state index in [4.69, 9.17) is 0 Å². The molecule has 0 N–H and O–H groups in total. The molecule has 6 nitrogen and oxygen atoms in total. The fraction of sp³-hybridized carbons (Fsp3) is 0.0275. The molecule has 115 heavy (non-hydrogen) atoms. The quantitative estimate of drug-likeness (QED) is 0.0892. The van der Waals surface area contributed by atoms with Crippen molar-refractivity contribution in [3.8, 4) is 11.1 Å². The van der Waals surface area contributed by atoms with Crippen LogP contribution < -0.4 is 29.4 Å². The predicted octanol–water partition coefficient (Wildman–Crippen LogP) is 30.5. The van der Waals surface area contributed by atoms with Gasteiger partial charge in [-0.25, -0.2) is 0 Å². The minimum absolute atomic E-state index is 1.12. The molecule has 0 saturated heterocycles. The van der Waals surface area contributed by atoms with Crippen LogP contribution in [0.3, 0.4) is 0 Å². The summed E-state index contributed by atoms with van der Waals surface area (Å²) in [6, 6.07) is 162. The van der Waals surface area contributed by atoms with Gasteiger partial charge in [0.25, 0.3) is 0 Å². The Bertz CT molecular complexity index is 6720. The molecule has 20 aromatic carbocycles. The highest BCUT2D eigenvalue weighted by atomic mass is 15.2. The van der Waals surface area contributed by atoms with Crippen LogP contribution in [-0.2, 0) is 0 Å². The van der Waals surface area contributed by atoms with Gasteiger partial charge in [-0.1, -0.05) is 267 Å². The number of anilines is 15. The van der Waals surface area contributed by atoms with Gasteiger partial charge < -0.3 is 29.4 Å². The van der Waals surface area contributed by atoms with Crippen molar-refractivity contribution in [2.24, 2.45) is 0 Å². The standard InChI is InChI=1S/2C37H28N2.C35H28N2/c1-38(37-35-17-9-7-13-29(35)25-30-14-8-10-18-36(30)37)31-21-23-33(24-22-31)39(32-15-3-2-4-16-32)34-20-19-27-11-5-6-12-28(27)26-34;1-38(36-17-16-31-23-28-10-7-8-11-29(28)24-32(31)26-36)33-19-21-35(22-20-33)39(34-13-3-2-4-14-34)37-18-15-27-9-5-6-12-30(27)25-37;1-36(34-18-10-15-30(25-34)27-11-4-2-5-12-27)31-21-23-33(24-22-31)37(32-16-6-3-7-17-32)35-20-19-28-13-8-9-14-29(28)26-35/h2*2-26H,1H3;2-26H,1H3. The molecular formula is C109H84N6. The smallest absolute Gasteiger partial charge is 0.0567 e. The number of benzene rings is 20. The second-order valence-corrected chi connectivity index (χ2v) is 29.1. The lowest BCUT2D eigenvalue weighted by Crippen LogP contribution is -2.12. The molecule has 6 heteroatoms. The maximum absolute atomic E-state index is 2.32. The van der Waals surface area contributed by atoms with E-state index < -0.39 is 0 Å². The van der Waals surface area contributed by atoms with Gasteiger partial charge in [0, 0.05) is 112 Å². The molecule has 20 aromatic rings. The lowest BCUT2D eigenvalue weighted by atomic mass is 10.00. The molecule has 550 valence electrons. The summed E-state index contributed by atoms with van der Waals surface area (Å²) in [4.78, 5) is 13.8. The van der Waals surface area contributed by atoms with Crippen molar-refractivity contribution >= 4 is 161 Å². The molecule has 0 radical (unpaired) electrons. The third-order valence-electron chi connectivity index (χ3n) is 22.0. The second kappa shape index (κ2) is 32.5. The van der Waals surface area contributed by atoms with E-state index in [2.05, 4.69) is 506 Å². The van der Waals surface area contributed by atoms with Crippen LogP contribution in [0.25, 0.3) is 86.5 Å². The molecule has 0 aromatic heterocycles. The summed E-state index contributed by atoms with van der Waals surface area (Å²) in [5.41, 5.74) is 19.6. The lowest BCUT2D eigenvalue weighted by Gasteiger charge is -2.27. The van der Waals surface area contributed by atoms with Gasteiger partial charge in [0.05, 0.1) is 5.69 Å². The number of rotatable bonds is 16. The number of nitrogens with zero attached hydrogens (tertiary/aromatic N) is 6. The average molecular weight is 1480 g/mol. The van der Waals surface area contributed by atoms with Gasteiger partial charge in [-0.3, -0.25) is 0 Å². The van der Waals surface area contributed by atoms with Gasteiger partial charge in [-0.2, -0.15) is 0 Å². The summed E-state index contributed by atoms with van der Waals surface area (Å²) >= 11 is 0. The SMILES string of the molecule is CN(c1ccc(N(c2ccccc2)c2ccc3ccccc3c2)cc1)c1c2ccccc2cc2ccccc12.CN(c1ccc(N(c2ccccc2)c2ccc3ccccc3c2)cc1)c1ccc2cc3ccccc3cc2c1.CN(c1ccc(N(c2ccccc2)c2ccc3ccccc3c2)cc1)c1cccc(-c2ccccc2)c1. The molecule has 0 spiro atoms. The molecule has 0 saturated carbocycles. The van der Waals surface area contributed by atoms with Crippen LogP contribution in [0, 0.1) is 0 Å². The second-order valence-electron chi connectivity index (χ2n) is 29.1. The average Bonchev–Trinajstić information content (AvgIpc) is 0.753. The Morgan fingerprint density at radius 1 is 0.130 bits per heavy atom. The van der Waals surface area contributed by atoms with E-state index in [9.17, 15) is 0 Å². The van der Waals surface area contributed by atoms with Gasteiger partial charge in [0.15, 0.2) is 0 Å². The van der Waals surface area contributed by atoms with Crippen LogP contribution in [0.5, 0.6) is 0 Å². The van der Waals surface area contributed by atoms with Crippen molar-refractivity contribution in [1.82, 2.24) is 0 Å². The summed E-state index contributed by atoms with van der Waals surface area (Å²) in [6.07, 6.45) is 0. The Hall–Kier alpha value is -15.0. The summed E-state index contributed by atoms with van der Waals surface area (Å²) < 4.78 is 0. The number of hydrogen-bond acceptors (Lipinski definition) is 6. The molecular weight excluding hydrogens is 1390 g/mol. The van der Waals surface area contributed by atoms with Crippen molar-refractivity contribution in [3.63, 3.8) is 0 Å². The Labute approximate surface area is 673 Å². The third kappa shape index (κ3) is 15.3. The Kier molecular flexibility index (Phi) is 20.3. The molecule has 0 atom stereocenters. The number of fused-ring (bicyclic) bond motifs is 7. The molecule has 0 fully saturated rings. The van der Waals surface area contributed by atoms with E-state index in [1.54, 1.807) is 0 Å². The van der Waals surface area contributed by atoms with E-state index in [0.717, 1.165) is 73.9 Å². The summed E-state index contributed by atoms with van der Waals surface area (Å²) in [5.74, 6) is 0. The van der Waals surface area contributed by atoms with Crippen LogP contribution in [0.15, 0.2) is 455 Å². The fourth-order valence-electron chi connectivity index (χ4n) is 15.9. The van der Waals surface area contributed by atoms with Crippen LogP contribution in [0.1, 0.15) is 0 Å². The normalized spacial score (nSPS) is 11.1. The Balaban J connectivity index is 0.000000120. The molecule has 0 bridgehead atoms. The monoisotopic (exact) mass is 1480 g/mol. The minimum atomic E-state index is 1.12. The van der Waals surface area contributed by atoms with Crippen molar-refractivity contribution in [2.75, 3.05) is 50.5 Å². The predicted molar refractivity (Wildman–Crippen MR) is 495 cm³/mol. The van der Waals surface area contributed by atoms with Crippen molar-refractivity contribution < 1.29 is 0 Å². The minimum Gasteiger partial charge on any atom is -0.345 e. The summed E-state index contributed by atoms with van der Waals surface area (Å²) in [7, 11) is 6.43. The first-order valence-corrected chi connectivity index (χ1v) is 39.3.